The molecule has 1 atom stereocenters. The molecule has 0 spiro atoms. The summed E-state index contributed by atoms with van der Waals surface area (Å²) < 4.78 is 0. The number of aromatic nitrogens is 1. The predicted molar refractivity (Wildman–Crippen MR) is 75.7 cm³/mol. The van der Waals surface area contributed by atoms with Gasteiger partial charge in [0.15, 0.2) is 5.84 Å². The Labute approximate surface area is 113 Å². The van der Waals surface area contributed by atoms with E-state index in [0.717, 1.165) is 30.8 Å². The highest BCUT2D eigenvalue weighted by Crippen LogP contribution is 2.24. The normalized spacial score (nSPS) is 20.9. The Morgan fingerprint density at radius 1 is 1.58 bits per heavy atom. The molecule has 1 fully saturated rings. The zero-order chi connectivity index (χ0) is 13.8. The summed E-state index contributed by atoms with van der Waals surface area (Å²) in [5.74, 6) is 0.129. The fraction of sp³-hybridized carbons (Fsp3) is 0.538. The predicted octanol–water partition coefficient (Wildman–Crippen LogP) is 0.707. The Morgan fingerprint density at radius 2 is 2.37 bits per heavy atom. The number of likely N-dealkylation sites (N-methyl/N-ethyl adjacent to an activating group) is 1. The van der Waals surface area contributed by atoms with E-state index in [9.17, 15) is 0 Å². The van der Waals surface area contributed by atoms with Crippen molar-refractivity contribution in [3.63, 3.8) is 0 Å². The van der Waals surface area contributed by atoms with Crippen LogP contribution >= 0.6 is 0 Å². The lowest BCUT2D eigenvalue weighted by molar-refractivity contribution is 0.258. The average molecular weight is 263 g/mol. The van der Waals surface area contributed by atoms with E-state index < -0.39 is 0 Å². The molecule has 1 unspecified atom stereocenters. The fourth-order valence-electron chi connectivity index (χ4n) is 2.50. The summed E-state index contributed by atoms with van der Waals surface area (Å²) in [5, 5.41) is 12.0. The van der Waals surface area contributed by atoms with E-state index in [1.165, 1.54) is 6.42 Å². The van der Waals surface area contributed by atoms with Gasteiger partial charge in [0.05, 0.1) is 11.9 Å². The molecule has 0 radical (unpaired) electrons. The number of oxime groups is 1. The molecule has 1 aromatic rings. The second kappa shape index (κ2) is 5.88. The Morgan fingerprint density at radius 3 is 3.05 bits per heavy atom. The van der Waals surface area contributed by atoms with Crippen LogP contribution in [-0.4, -0.2) is 54.2 Å². The Bertz CT molecular complexity index is 460. The van der Waals surface area contributed by atoms with Crippen molar-refractivity contribution in [2.45, 2.75) is 18.9 Å². The van der Waals surface area contributed by atoms with Crippen molar-refractivity contribution < 1.29 is 5.21 Å². The van der Waals surface area contributed by atoms with E-state index in [2.05, 4.69) is 34.0 Å². The smallest absolute Gasteiger partial charge is 0.172 e. The summed E-state index contributed by atoms with van der Waals surface area (Å²) in [4.78, 5) is 8.66. The van der Waals surface area contributed by atoms with E-state index in [1.54, 1.807) is 18.5 Å². The van der Waals surface area contributed by atoms with Gasteiger partial charge in [0.2, 0.25) is 0 Å². The van der Waals surface area contributed by atoms with E-state index >= 15 is 0 Å². The molecule has 19 heavy (non-hydrogen) atoms. The second-order valence-electron chi connectivity index (χ2n) is 5.08. The minimum Gasteiger partial charge on any atom is -0.409 e. The number of nitrogens with zero attached hydrogens (tertiary/aromatic N) is 4. The highest BCUT2D eigenvalue weighted by Gasteiger charge is 2.23. The summed E-state index contributed by atoms with van der Waals surface area (Å²) in [7, 11) is 4.20. The van der Waals surface area contributed by atoms with Crippen LogP contribution < -0.4 is 10.6 Å². The van der Waals surface area contributed by atoms with Gasteiger partial charge in [-0.3, -0.25) is 4.98 Å². The Kier molecular flexibility index (Phi) is 4.21. The summed E-state index contributed by atoms with van der Waals surface area (Å²) >= 11 is 0. The van der Waals surface area contributed by atoms with Crippen LogP contribution in [0.2, 0.25) is 0 Å². The Balaban J connectivity index is 2.26. The third-order valence-corrected chi connectivity index (χ3v) is 3.65. The summed E-state index contributed by atoms with van der Waals surface area (Å²) in [6.07, 6.45) is 5.77. The molecular formula is C13H21N5O. The third-order valence-electron chi connectivity index (χ3n) is 3.65. The summed E-state index contributed by atoms with van der Waals surface area (Å²) in [6.45, 7) is 1.91. The molecular weight excluding hydrogens is 242 g/mol. The first kappa shape index (κ1) is 13.6. The van der Waals surface area contributed by atoms with Crippen LogP contribution in [0.1, 0.15) is 18.4 Å². The third kappa shape index (κ3) is 2.96. The van der Waals surface area contributed by atoms with Crippen molar-refractivity contribution in [2.75, 3.05) is 32.1 Å². The molecule has 0 aromatic carbocycles. The molecule has 1 aliphatic rings. The second-order valence-corrected chi connectivity index (χ2v) is 5.08. The van der Waals surface area contributed by atoms with Gasteiger partial charge in [0, 0.05) is 30.9 Å². The maximum absolute atomic E-state index is 8.87. The van der Waals surface area contributed by atoms with Crippen LogP contribution in [0.5, 0.6) is 0 Å². The lowest BCUT2D eigenvalue weighted by Gasteiger charge is -2.38. The maximum atomic E-state index is 8.87. The van der Waals surface area contributed by atoms with Crippen molar-refractivity contribution in [3.05, 3.63) is 24.0 Å². The molecule has 6 nitrogen and oxygen atoms in total. The summed E-state index contributed by atoms with van der Waals surface area (Å²) in [5.41, 5.74) is 7.40. The van der Waals surface area contributed by atoms with Crippen LogP contribution in [0, 0.1) is 0 Å². The highest BCUT2D eigenvalue weighted by atomic mass is 16.4. The number of amidine groups is 1. The van der Waals surface area contributed by atoms with Gasteiger partial charge in [-0.1, -0.05) is 5.16 Å². The lowest BCUT2D eigenvalue weighted by atomic mass is 10.0. The van der Waals surface area contributed by atoms with Crippen molar-refractivity contribution in [2.24, 2.45) is 10.9 Å². The quantitative estimate of drug-likeness (QED) is 0.363. The SMILES string of the molecule is CN(C)C1CCCN(c2cnccc2/C(N)=N/O)C1. The van der Waals surface area contributed by atoms with Crippen LogP contribution in [-0.2, 0) is 0 Å². The standard InChI is InChI=1S/C13H21N5O/c1-17(2)10-4-3-7-18(9-10)12-8-15-6-5-11(12)13(14)16-19/h5-6,8,10,19H,3-4,7,9H2,1-2H3,(H2,14,16). The number of hydrogen-bond donors (Lipinski definition) is 2. The minimum absolute atomic E-state index is 0.129. The largest absolute Gasteiger partial charge is 0.409 e. The number of hydrogen-bond acceptors (Lipinski definition) is 5. The van der Waals surface area contributed by atoms with Gasteiger partial charge in [-0.05, 0) is 33.0 Å². The fourth-order valence-corrected chi connectivity index (χ4v) is 2.50. The topological polar surface area (TPSA) is 78.0 Å². The first-order valence-electron chi connectivity index (χ1n) is 6.46. The zero-order valence-electron chi connectivity index (χ0n) is 11.5. The van der Waals surface area contributed by atoms with Crippen LogP contribution in [0.25, 0.3) is 0 Å². The van der Waals surface area contributed by atoms with Crippen LogP contribution in [0.4, 0.5) is 5.69 Å². The molecule has 6 heteroatoms. The number of rotatable bonds is 3. The molecule has 0 bridgehead atoms. The molecule has 3 N–H and O–H groups in total. The maximum Gasteiger partial charge on any atom is 0.172 e. The number of pyridine rings is 1. The van der Waals surface area contributed by atoms with E-state index in [1.807, 2.05) is 0 Å². The van der Waals surface area contributed by atoms with Gasteiger partial charge in [-0.15, -0.1) is 0 Å². The molecule has 2 heterocycles. The first-order chi connectivity index (χ1) is 9.13. The lowest BCUT2D eigenvalue weighted by Crippen LogP contribution is -2.45. The molecule has 1 saturated heterocycles. The van der Waals surface area contributed by atoms with Gasteiger partial charge >= 0.3 is 0 Å². The Hall–Kier alpha value is -1.82. The van der Waals surface area contributed by atoms with Gasteiger partial charge in [0.25, 0.3) is 0 Å². The highest BCUT2D eigenvalue weighted by molar-refractivity contribution is 6.02. The molecule has 104 valence electrons. The van der Waals surface area contributed by atoms with Crippen molar-refractivity contribution in [1.82, 2.24) is 9.88 Å². The van der Waals surface area contributed by atoms with Gasteiger partial charge in [0.1, 0.15) is 0 Å². The molecule has 0 aliphatic carbocycles. The molecule has 0 saturated carbocycles. The number of nitrogens with two attached hydrogens (primary N) is 1. The van der Waals surface area contributed by atoms with E-state index in [-0.39, 0.29) is 5.84 Å². The molecule has 1 aliphatic heterocycles. The van der Waals surface area contributed by atoms with E-state index in [4.69, 9.17) is 10.9 Å². The van der Waals surface area contributed by atoms with Gasteiger partial charge in [-0.2, -0.15) is 0 Å². The van der Waals surface area contributed by atoms with Crippen molar-refractivity contribution in [1.29, 1.82) is 0 Å². The van der Waals surface area contributed by atoms with Gasteiger partial charge in [-0.25, -0.2) is 0 Å². The van der Waals surface area contributed by atoms with Crippen LogP contribution in [0.3, 0.4) is 0 Å². The molecule has 0 amide bonds. The van der Waals surface area contributed by atoms with Crippen molar-refractivity contribution >= 4 is 11.5 Å². The van der Waals surface area contributed by atoms with Crippen molar-refractivity contribution in [3.8, 4) is 0 Å². The molecule has 2 rings (SSSR count). The first-order valence-corrected chi connectivity index (χ1v) is 6.46. The minimum atomic E-state index is 0.129. The monoisotopic (exact) mass is 263 g/mol. The van der Waals surface area contributed by atoms with Crippen LogP contribution in [0.15, 0.2) is 23.6 Å². The number of anilines is 1. The van der Waals surface area contributed by atoms with Gasteiger partial charge < -0.3 is 20.7 Å². The zero-order valence-corrected chi connectivity index (χ0v) is 11.5. The molecule has 1 aromatic heterocycles. The average Bonchev–Trinajstić information content (AvgIpc) is 2.46. The number of piperidine rings is 1. The summed E-state index contributed by atoms with van der Waals surface area (Å²) in [6, 6.07) is 2.30. The van der Waals surface area contributed by atoms with E-state index in [0.29, 0.717) is 6.04 Å².